The molecule has 0 saturated heterocycles. The number of rotatable bonds is 18. The number of ketones is 1. The number of nitrogens with zero attached hydrogens (tertiary/aromatic N) is 4. The number of hydrogen-bond acceptors (Lipinski definition) is 9. The summed E-state index contributed by atoms with van der Waals surface area (Å²) in [5, 5.41) is 16.9. The topological polar surface area (TPSA) is 153 Å². The van der Waals surface area contributed by atoms with Crippen molar-refractivity contribution in [2.24, 2.45) is 17.8 Å². The number of aliphatic hydroxyl groups is 1. The Balaban J connectivity index is 1.60. The normalized spacial score (nSPS) is 13.9. The first kappa shape index (κ1) is 39.7. The van der Waals surface area contributed by atoms with Crippen molar-refractivity contribution in [3.63, 3.8) is 0 Å². The third-order valence-electron chi connectivity index (χ3n) is 8.44. The van der Waals surface area contributed by atoms with Crippen LogP contribution in [0.25, 0.3) is 0 Å². The van der Waals surface area contributed by atoms with Crippen LogP contribution in [0.2, 0.25) is 0 Å². The van der Waals surface area contributed by atoms with Crippen molar-refractivity contribution < 1.29 is 27.9 Å². The molecule has 2 N–H and O–H groups in total. The van der Waals surface area contributed by atoms with Gasteiger partial charge in [0.25, 0.3) is 0 Å². The number of aromatic nitrogens is 3. The number of methoxy groups -OCH3 is 1. The molecule has 3 atom stereocenters. The Morgan fingerprint density at radius 3 is 2.24 bits per heavy atom. The van der Waals surface area contributed by atoms with E-state index in [9.17, 15) is 27.9 Å². The van der Waals surface area contributed by atoms with Crippen LogP contribution < -0.4 is 15.7 Å². The van der Waals surface area contributed by atoms with Crippen LogP contribution in [0.4, 0.5) is 0 Å². The number of nitrogens with one attached hydrogen (secondary N) is 1. The Morgan fingerprint density at radius 1 is 0.980 bits per heavy atom. The number of amides is 1. The molecular formula is C37H49N5O7S2. The summed E-state index contributed by atoms with van der Waals surface area (Å²) in [5.41, 5.74) is 0.969. The number of carbonyl (C=O) groups is 2. The fourth-order valence-corrected chi connectivity index (χ4v) is 8.27. The molecular weight excluding hydrogens is 691 g/mol. The first-order valence-electron chi connectivity index (χ1n) is 17.0. The maximum Gasteiger partial charge on any atom is 0.329 e. The zero-order chi connectivity index (χ0) is 37.5. The molecule has 0 unspecified atom stereocenters. The Kier molecular flexibility index (Phi) is 13.5. The van der Waals surface area contributed by atoms with E-state index in [0.29, 0.717) is 16.5 Å². The van der Waals surface area contributed by atoms with Crippen LogP contribution in [-0.2, 0) is 27.8 Å². The predicted octanol–water partition coefficient (Wildman–Crippen LogP) is 4.63. The number of thiazole rings is 1. The van der Waals surface area contributed by atoms with Crippen LogP contribution in [0.1, 0.15) is 68.6 Å². The molecule has 0 spiro atoms. The van der Waals surface area contributed by atoms with Crippen molar-refractivity contribution in [3.05, 3.63) is 99.1 Å². The standard InChI is InChI=1S/C37H49N5O7S2/c1-24(2)20-41(51(47,48)30-15-13-29(49-7)14-16-30)22-32(43)31(19-27-11-9-8-10-12-27)39-35(45)33(25(3)4)42-18-17-40(37(42)46)21-28-23-50-36(38-28)34(44)26(5)6/h8-18,23-26,31-33,43H,19-22H2,1-7H3,(H,39,45)/t31-,32+,33-/m0/s1. The molecule has 0 saturated carbocycles. The number of aliphatic hydroxyl groups excluding tert-OH is 1. The lowest BCUT2D eigenvalue weighted by Gasteiger charge is -2.32. The summed E-state index contributed by atoms with van der Waals surface area (Å²) in [4.78, 5) is 44.6. The minimum absolute atomic E-state index is 0.0554. The average molecular weight is 740 g/mol. The number of carbonyl (C=O) groups excluding carboxylic acids is 2. The van der Waals surface area contributed by atoms with Gasteiger partial charge in [0.1, 0.15) is 11.8 Å². The minimum Gasteiger partial charge on any atom is -0.497 e. The van der Waals surface area contributed by atoms with Gasteiger partial charge in [0.2, 0.25) is 15.9 Å². The molecule has 51 heavy (non-hydrogen) atoms. The lowest BCUT2D eigenvalue weighted by Crippen LogP contribution is -2.53. The number of hydrogen-bond donors (Lipinski definition) is 2. The summed E-state index contributed by atoms with van der Waals surface area (Å²) in [6.07, 6.45) is 2.04. The van der Waals surface area contributed by atoms with E-state index in [1.54, 1.807) is 43.8 Å². The van der Waals surface area contributed by atoms with Gasteiger partial charge in [-0.15, -0.1) is 11.3 Å². The predicted molar refractivity (Wildman–Crippen MR) is 198 cm³/mol. The van der Waals surface area contributed by atoms with Crippen LogP contribution in [0.5, 0.6) is 5.75 Å². The van der Waals surface area contributed by atoms with E-state index in [1.165, 1.54) is 44.0 Å². The van der Waals surface area contributed by atoms with E-state index in [4.69, 9.17) is 4.74 Å². The van der Waals surface area contributed by atoms with Gasteiger partial charge in [-0.2, -0.15) is 4.31 Å². The van der Waals surface area contributed by atoms with Gasteiger partial charge in [0, 0.05) is 36.8 Å². The lowest BCUT2D eigenvalue weighted by molar-refractivity contribution is -0.127. The number of sulfonamides is 1. The van der Waals surface area contributed by atoms with Crippen LogP contribution in [0.15, 0.2) is 82.1 Å². The molecule has 4 aromatic rings. The summed E-state index contributed by atoms with van der Waals surface area (Å²) >= 11 is 1.24. The van der Waals surface area contributed by atoms with Gasteiger partial charge >= 0.3 is 5.69 Å². The monoisotopic (exact) mass is 739 g/mol. The fraction of sp³-hybridized carbons (Fsp3) is 0.459. The minimum atomic E-state index is -4.03. The van der Waals surface area contributed by atoms with Crippen LogP contribution >= 0.6 is 11.3 Å². The van der Waals surface area contributed by atoms with Crippen LogP contribution in [-0.4, -0.2) is 76.0 Å². The third kappa shape index (κ3) is 10.0. The van der Waals surface area contributed by atoms with E-state index in [1.807, 2.05) is 58.0 Å². The summed E-state index contributed by atoms with van der Waals surface area (Å²) in [7, 11) is -2.53. The van der Waals surface area contributed by atoms with Gasteiger partial charge in [-0.1, -0.05) is 71.9 Å². The van der Waals surface area contributed by atoms with Crippen molar-refractivity contribution in [1.82, 2.24) is 23.7 Å². The largest absolute Gasteiger partial charge is 0.497 e. The first-order chi connectivity index (χ1) is 24.1. The van der Waals surface area contributed by atoms with Crippen molar-refractivity contribution in [1.29, 1.82) is 0 Å². The van der Waals surface area contributed by atoms with Crippen LogP contribution in [0, 0.1) is 17.8 Å². The molecule has 0 bridgehead atoms. The molecule has 0 aliphatic heterocycles. The molecule has 276 valence electrons. The van der Waals surface area contributed by atoms with E-state index < -0.39 is 39.8 Å². The number of ether oxygens (including phenoxy) is 1. The first-order valence-corrected chi connectivity index (χ1v) is 19.4. The second-order valence-electron chi connectivity index (χ2n) is 13.7. The zero-order valence-corrected chi connectivity index (χ0v) is 31.9. The highest BCUT2D eigenvalue weighted by molar-refractivity contribution is 7.89. The van der Waals surface area contributed by atoms with Gasteiger partial charge in [0.05, 0.1) is 36.4 Å². The highest BCUT2D eigenvalue weighted by atomic mass is 32.2. The Bertz CT molecular complexity index is 1920. The summed E-state index contributed by atoms with van der Waals surface area (Å²) in [5.74, 6) is -0.615. The maximum atomic E-state index is 14.1. The Labute approximate surface area is 304 Å². The molecule has 0 aliphatic carbocycles. The Morgan fingerprint density at radius 2 is 1.65 bits per heavy atom. The molecule has 0 aliphatic rings. The summed E-state index contributed by atoms with van der Waals surface area (Å²) in [6.45, 7) is 11.0. The molecule has 2 heterocycles. The third-order valence-corrected chi connectivity index (χ3v) is 11.2. The smallest absolute Gasteiger partial charge is 0.329 e. The average Bonchev–Trinajstić information content (AvgIpc) is 3.70. The summed E-state index contributed by atoms with van der Waals surface area (Å²) in [6, 6.07) is 13.5. The van der Waals surface area contributed by atoms with E-state index in [0.717, 1.165) is 5.56 Å². The van der Waals surface area contributed by atoms with Gasteiger partial charge in [0.15, 0.2) is 10.8 Å². The highest BCUT2D eigenvalue weighted by Crippen LogP contribution is 2.23. The van der Waals surface area contributed by atoms with Crippen molar-refractivity contribution in [2.75, 3.05) is 20.2 Å². The Hall–Kier alpha value is -4.11. The molecule has 1 amide bonds. The SMILES string of the molecule is COc1ccc(S(=O)(=O)N(CC(C)C)C[C@@H](O)[C@H](Cc2ccccc2)NC(=O)[C@H](C(C)C)n2ccn(Cc3csc(C(=O)C(C)C)n3)c2=O)cc1. The molecule has 2 aromatic heterocycles. The number of Topliss-reactive ketones (excluding diaryl/α,β-unsaturated/α-hetero) is 1. The van der Waals surface area contributed by atoms with E-state index >= 15 is 0 Å². The van der Waals surface area contributed by atoms with Gasteiger partial charge < -0.3 is 15.2 Å². The molecule has 2 aromatic carbocycles. The lowest BCUT2D eigenvalue weighted by atomic mass is 9.98. The molecule has 0 radical (unpaired) electrons. The van der Waals surface area contributed by atoms with Crippen molar-refractivity contribution >= 4 is 33.1 Å². The van der Waals surface area contributed by atoms with Gasteiger partial charge in [-0.3, -0.25) is 18.7 Å². The fourth-order valence-electron chi connectivity index (χ4n) is 5.75. The second kappa shape index (κ2) is 17.4. The maximum absolute atomic E-state index is 14.1. The summed E-state index contributed by atoms with van der Waals surface area (Å²) < 4.78 is 36.9. The number of benzene rings is 2. The quantitative estimate of drug-likeness (QED) is 0.140. The van der Waals surface area contributed by atoms with Crippen LogP contribution in [0.3, 0.4) is 0 Å². The zero-order valence-electron chi connectivity index (χ0n) is 30.2. The van der Waals surface area contributed by atoms with E-state index in [2.05, 4.69) is 10.3 Å². The highest BCUT2D eigenvalue weighted by Gasteiger charge is 2.34. The number of imidazole rings is 1. The second-order valence-corrected chi connectivity index (χ2v) is 16.5. The molecule has 0 fully saturated rings. The molecule has 12 nitrogen and oxygen atoms in total. The van der Waals surface area contributed by atoms with E-state index in [-0.39, 0.29) is 54.5 Å². The molecule has 14 heteroatoms. The van der Waals surface area contributed by atoms with Crippen molar-refractivity contribution in [2.45, 2.75) is 77.6 Å². The van der Waals surface area contributed by atoms with Crippen molar-refractivity contribution in [3.8, 4) is 5.75 Å². The van der Waals surface area contributed by atoms with Gasteiger partial charge in [-0.05, 0) is 48.1 Å². The van der Waals surface area contributed by atoms with Gasteiger partial charge in [-0.25, -0.2) is 18.2 Å². The molecule has 4 rings (SSSR count).